The van der Waals surface area contributed by atoms with Crippen molar-refractivity contribution in [3.8, 4) is 0 Å². The average molecular weight is 243 g/mol. The molecule has 0 spiro atoms. The van der Waals surface area contributed by atoms with E-state index in [1.165, 1.54) is 12.1 Å². The molecule has 0 atom stereocenters. The second-order valence-electron chi connectivity index (χ2n) is 2.90. The van der Waals surface area contributed by atoms with Gasteiger partial charge in [-0.2, -0.15) is 0 Å². The van der Waals surface area contributed by atoms with E-state index in [4.69, 9.17) is 16.6 Å². The van der Waals surface area contributed by atoms with Gasteiger partial charge >= 0.3 is 0 Å². The lowest BCUT2D eigenvalue weighted by atomic mass is 10.1. The van der Waals surface area contributed by atoms with Crippen molar-refractivity contribution in [2.75, 3.05) is 0 Å². The largest absolute Gasteiger partial charge is 0.293 e. The minimum atomic E-state index is -2.50. The first kappa shape index (κ1) is 12.9. The van der Waals surface area contributed by atoms with E-state index in [2.05, 4.69) is 30.1 Å². The van der Waals surface area contributed by atoms with Crippen LogP contribution in [0.3, 0.4) is 0 Å². The summed E-state index contributed by atoms with van der Waals surface area (Å²) in [5.74, 6) is -3.41. The van der Waals surface area contributed by atoms with E-state index in [1.807, 2.05) is 0 Å². The molecule has 0 aliphatic rings. The number of carbonyl (C=O) groups is 1. The van der Waals surface area contributed by atoms with Crippen molar-refractivity contribution in [3.05, 3.63) is 67.2 Å². The smallest absolute Gasteiger partial charge is 0.266 e. The summed E-state index contributed by atoms with van der Waals surface area (Å²) in [7, 11) is 0. The van der Waals surface area contributed by atoms with Crippen molar-refractivity contribution < 1.29 is 4.79 Å². The summed E-state index contributed by atoms with van der Waals surface area (Å²) in [6.45, 7) is 0. The van der Waals surface area contributed by atoms with Crippen LogP contribution < -0.4 is 0 Å². The van der Waals surface area contributed by atoms with Crippen molar-refractivity contribution in [1.82, 2.24) is 0 Å². The average Bonchev–Trinajstić information content (AvgIpc) is 2.39. The van der Waals surface area contributed by atoms with Crippen molar-refractivity contribution in [2.24, 2.45) is 15.3 Å². The number of carbonyl (C=O) groups excluding carboxylic acids is 1. The maximum Gasteiger partial charge on any atom is 0.266 e. The highest BCUT2D eigenvalue weighted by atomic mass is 16.1. The Morgan fingerprint density at radius 1 is 0.944 bits per heavy atom. The first-order chi connectivity index (χ1) is 8.70. The standard InChI is InChI=1S/C8H5N9O/c9-15-12-8(13-16-10,14-17-11)7(18)6-4-2-1-3-5-6/h1-5H. The van der Waals surface area contributed by atoms with Crippen molar-refractivity contribution in [3.63, 3.8) is 0 Å². The summed E-state index contributed by atoms with van der Waals surface area (Å²) in [6, 6.07) is 7.58. The Morgan fingerprint density at radius 2 is 1.39 bits per heavy atom. The number of Topliss-reactive ketones (excluding diaryl/α,β-unsaturated/α-hetero) is 1. The monoisotopic (exact) mass is 243 g/mol. The Balaban J connectivity index is 3.44. The fourth-order valence-electron chi connectivity index (χ4n) is 1.17. The van der Waals surface area contributed by atoms with Crippen LogP contribution in [0.4, 0.5) is 0 Å². The molecule has 0 fully saturated rings. The fourth-order valence-corrected chi connectivity index (χ4v) is 1.17. The minimum Gasteiger partial charge on any atom is -0.293 e. The Kier molecular flexibility index (Phi) is 4.14. The Morgan fingerprint density at radius 3 is 1.78 bits per heavy atom. The molecule has 0 unspecified atom stereocenters. The number of azide groups is 1. The topological polar surface area (TPSA) is 163 Å². The van der Waals surface area contributed by atoms with Gasteiger partial charge in [-0.3, -0.25) is 4.79 Å². The second kappa shape index (κ2) is 5.78. The molecule has 0 bridgehead atoms. The van der Waals surface area contributed by atoms with Crippen LogP contribution in [0.15, 0.2) is 45.7 Å². The molecule has 1 aromatic rings. The SMILES string of the molecule is [N-]=[N+]=NC(N=[N+]=[N-])(N=[N+]=[N-])C(=O)c1ccccc1. The fraction of sp³-hybridized carbons (Fsp3) is 0.125. The second-order valence-corrected chi connectivity index (χ2v) is 2.90. The van der Waals surface area contributed by atoms with Gasteiger partial charge in [0.2, 0.25) is 0 Å². The highest BCUT2D eigenvalue weighted by Gasteiger charge is 2.36. The summed E-state index contributed by atoms with van der Waals surface area (Å²) in [5, 5.41) is 9.00. The predicted molar refractivity (Wildman–Crippen MR) is 60.9 cm³/mol. The molecule has 88 valence electrons. The van der Waals surface area contributed by atoms with Gasteiger partial charge in [-0.05, 0) is 16.6 Å². The number of ketones is 1. The zero-order chi connectivity index (χ0) is 13.4. The molecular weight excluding hydrogens is 238 g/mol. The van der Waals surface area contributed by atoms with Gasteiger partial charge in [0.25, 0.3) is 5.79 Å². The molecule has 0 saturated carbocycles. The lowest BCUT2D eigenvalue weighted by molar-refractivity contribution is 0.0897. The number of rotatable bonds is 5. The summed E-state index contributed by atoms with van der Waals surface area (Å²) >= 11 is 0. The molecule has 10 nitrogen and oxygen atoms in total. The lowest BCUT2D eigenvalue weighted by Crippen LogP contribution is -2.31. The maximum absolute atomic E-state index is 12.0. The molecule has 1 rings (SSSR count). The van der Waals surface area contributed by atoms with Crippen LogP contribution in [0.25, 0.3) is 31.3 Å². The van der Waals surface area contributed by atoms with E-state index in [9.17, 15) is 4.79 Å². The molecule has 0 saturated heterocycles. The van der Waals surface area contributed by atoms with Gasteiger partial charge in [0.1, 0.15) is 0 Å². The van der Waals surface area contributed by atoms with Gasteiger partial charge in [-0.25, -0.2) is 0 Å². The molecule has 0 aliphatic heterocycles. The molecule has 18 heavy (non-hydrogen) atoms. The zero-order valence-electron chi connectivity index (χ0n) is 8.82. The van der Waals surface area contributed by atoms with Crippen LogP contribution in [0.5, 0.6) is 0 Å². The van der Waals surface area contributed by atoms with Crippen molar-refractivity contribution in [2.45, 2.75) is 5.79 Å². The third kappa shape index (κ3) is 2.49. The van der Waals surface area contributed by atoms with E-state index >= 15 is 0 Å². The first-order valence-electron chi connectivity index (χ1n) is 4.49. The van der Waals surface area contributed by atoms with E-state index in [0.717, 1.165) is 0 Å². The van der Waals surface area contributed by atoms with E-state index in [1.54, 1.807) is 18.2 Å². The van der Waals surface area contributed by atoms with Crippen LogP contribution >= 0.6 is 0 Å². The van der Waals surface area contributed by atoms with E-state index in [0.29, 0.717) is 0 Å². The summed E-state index contributed by atoms with van der Waals surface area (Å²) in [4.78, 5) is 19.1. The van der Waals surface area contributed by atoms with E-state index in [-0.39, 0.29) is 5.56 Å². The Hall–Kier alpha value is -3.18. The van der Waals surface area contributed by atoms with Crippen LogP contribution in [-0.4, -0.2) is 11.6 Å². The van der Waals surface area contributed by atoms with Gasteiger partial charge < -0.3 is 0 Å². The van der Waals surface area contributed by atoms with Crippen LogP contribution in [0, 0.1) is 0 Å². The Labute approximate surface area is 99.7 Å². The zero-order valence-corrected chi connectivity index (χ0v) is 8.82. The van der Waals surface area contributed by atoms with Gasteiger partial charge in [0.05, 0.1) is 0 Å². The summed E-state index contributed by atoms with van der Waals surface area (Å²) in [6.07, 6.45) is 0. The van der Waals surface area contributed by atoms with Crippen molar-refractivity contribution in [1.29, 1.82) is 0 Å². The third-order valence-electron chi connectivity index (χ3n) is 1.89. The molecule has 1 aromatic carbocycles. The molecule has 0 aliphatic carbocycles. The molecule has 0 heterocycles. The van der Waals surface area contributed by atoms with Gasteiger partial charge in [0.15, 0.2) is 5.78 Å². The van der Waals surface area contributed by atoms with Crippen LogP contribution in [0.1, 0.15) is 10.4 Å². The summed E-state index contributed by atoms with van der Waals surface area (Å²) in [5.41, 5.74) is 25.3. The molecular formula is C8H5N9O. The Bertz CT molecular complexity index is 545. The maximum atomic E-state index is 12.0. The molecule has 0 aromatic heterocycles. The highest BCUT2D eigenvalue weighted by Crippen LogP contribution is 2.22. The number of hydrogen-bond acceptors (Lipinski definition) is 4. The lowest BCUT2D eigenvalue weighted by Gasteiger charge is -2.14. The molecule has 0 N–H and O–H groups in total. The third-order valence-corrected chi connectivity index (χ3v) is 1.89. The van der Waals surface area contributed by atoms with Gasteiger partial charge in [-0.1, -0.05) is 45.7 Å². The number of benzene rings is 1. The van der Waals surface area contributed by atoms with Gasteiger partial charge in [-0.15, -0.1) is 0 Å². The van der Waals surface area contributed by atoms with E-state index < -0.39 is 11.6 Å². The minimum absolute atomic E-state index is 0.0877. The quantitative estimate of drug-likeness (QED) is 0.329. The van der Waals surface area contributed by atoms with Crippen LogP contribution in [0.2, 0.25) is 0 Å². The highest BCUT2D eigenvalue weighted by molar-refractivity contribution is 6.03. The molecule has 0 radical (unpaired) electrons. The summed E-state index contributed by atoms with van der Waals surface area (Å²) < 4.78 is 0. The number of nitrogens with zero attached hydrogens (tertiary/aromatic N) is 9. The predicted octanol–water partition coefficient (Wildman–Crippen LogP) is 3.45. The number of hydrogen-bond donors (Lipinski definition) is 0. The normalized spacial score (nSPS) is 12.0. The van der Waals surface area contributed by atoms with Crippen LogP contribution in [-0.2, 0) is 0 Å². The first-order valence-corrected chi connectivity index (χ1v) is 4.49. The molecule has 10 heteroatoms. The van der Waals surface area contributed by atoms with Gasteiger partial charge in [0, 0.05) is 20.3 Å². The molecule has 0 amide bonds. The van der Waals surface area contributed by atoms with Crippen molar-refractivity contribution >= 4 is 5.78 Å².